The lowest BCUT2D eigenvalue weighted by Gasteiger charge is -2.48. The Labute approximate surface area is 181 Å². The van der Waals surface area contributed by atoms with Crippen molar-refractivity contribution in [1.82, 2.24) is 0 Å². The summed E-state index contributed by atoms with van der Waals surface area (Å²) in [4.78, 5) is 0. The van der Waals surface area contributed by atoms with Crippen molar-refractivity contribution in [3.63, 3.8) is 0 Å². The van der Waals surface area contributed by atoms with Crippen LogP contribution in [0, 0.1) is 47.3 Å². The molecule has 2 saturated carbocycles. The second-order valence-electron chi connectivity index (χ2n) is 11.8. The number of allylic oxidation sites excluding steroid dienone is 1. The van der Waals surface area contributed by atoms with E-state index < -0.39 is 0 Å². The highest BCUT2D eigenvalue weighted by Crippen LogP contribution is 2.58. The lowest BCUT2D eigenvalue weighted by atomic mass is 9.57. The van der Waals surface area contributed by atoms with Crippen LogP contribution in [0.25, 0.3) is 0 Å². The average Bonchev–Trinajstić information content (AvgIpc) is 3.14. The van der Waals surface area contributed by atoms with Crippen LogP contribution in [-0.2, 0) is 0 Å². The minimum absolute atomic E-state index is 0.0410. The summed E-state index contributed by atoms with van der Waals surface area (Å²) < 4.78 is 0. The van der Waals surface area contributed by atoms with E-state index in [0.717, 1.165) is 60.2 Å². The third kappa shape index (κ3) is 4.51. The monoisotopic (exact) mass is 400 g/mol. The first-order chi connectivity index (χ1) is 14.0. The van der Waals surface area contributed by atoms with Crippen molar-refractivity contribution in [1.29, 1.82) is 0 Å². The van der Waals surface area contributed by atoms with E-state index in [4.69, 9.17) is 0 Å². The number of hydrogen-bond acceptors (Lipinski definition) is 1. The first-order valence-corrected chi connectivity index (χ1v) is 13.4. The summed E-state index contributed by atoms with van der Waals surface area (Å²) in [7, 11) is 0. The van der Waals surface area contributed by atoms with Gasteiger partial charge in [-0.05, 0) is 112 Å². The van der Waals surface area contributed by atoms with Gasteiger partial charge in [0.15, 0.2) is 0 Å². The highest BCUT2D eigenvalue weighted by Gasteiger charge is 2.49. The molecule has 1 nitrogen and oxygen atoms in total. The first kappa shape index (κ1) is 21.9. The Morgan fingerprint density at radius 1 is 0.828 bits per heavy atom. The fraction of sp³-hybridized carbons (Fsp3) is 0.929. The molecule has 0 radical (unpaired) electrons. The van der Waals surface area contributed by atoms with Crippen LogP contribution in [0.5, 0.6) is 0 Å². The molecule has 0 amide bonds. The van der Waals surface area contributed by atoms with Gasteiger partial charge in [0.1, 0.15) is 0 Å². The van der Waals surface area contributed by atoms with E-state index in [2.05, 4.69) is 27.7 Å². The highest BCUT2D eigenvalue weighted by atomic mass is 16.3. The molecule has 0 heterocycles. The predicted molar refractivity (Wildman–Crippen MR) is 124 cm³/mol. The number of aliphatic hydroxyl groups is 1. The summed E-state index contributed by atoms with van der Waals surface area (Å²) >= 11 is 0. The molecule has 1 heteroatoms. The predicted octanol–water partition coefficient (Wildman–Crippen LogP) is 7.78. The molecule has 1 N–H and O–H groups in total. The van der Waals surface area contributed by atoms with Gasteiger partial charge in [-0.3, -0.25) is 0 Å². The van der Waals surface area contributed by atoms with E-state index in [1.807, 2.05) is 5.57 Å². The Hall–Kier alpha value is -0.300. The van der Waals surface area contributed by atoms with Gasteiger partial charge >= 0.3 is 0 Å². The molecule has 4 aliphatic rings. The average molecular weight is 401 g/mol. The van der Waals surface area contributed by atoms with Gasteiger partial charge in [-0.1, -0.05) is 58.1 Å². The van der Waals surface area contributed by atoms with Crippen molar-refractivity contribution in [3.8, 4) is 0 Å². The molecular weight excluding hydrogens is 352 g/mol. The van der Waals surface area contributed by atoms with E-state index in [0.29, 0.717) is 0 Å². The van der Waals surface area contributed by atoms with Gasteiger partial charge in [-0.15, -0.1) is 0 Å². The van der Waals surface area contributed by atoms with Gasteiger partial charge in [0.2, 0.25) is 0 Å². The van der Waals surface area contributed by atoms with Crippen molar-refractivity contribution in [2.75, 3.05) is 0 Å². The van der Waals surface area contributed by atoms with E-state index in [9.17, 15) is 5.11 Å². The zero-order valence-corrected chi connectivity index (χ0v) is 19.8. The van der Waals surface area contributed by atoms with Crippen LogP contribution in [0.1, 0.15) is 111 Å². The van der Waals surface area contributed by atoms with Gasteiger partial charge in [-0.2, -0.15) is 0 Å². The highest BCUT2D eigenvalue weighted by molar-refractivity contribution is 5.26. The fourth-order valence-corrected chi connectivity index (χ4v) is 8.47. The zero-order valence-electron chi connectivity index (χ0n) is 19.8. The summed E-state index contributed by atoms with van der Waals surface area (Å²) in [5.41, 5.74) is 3.52. The second kappa shape index (κ2) is 9.46. The number of aliphatic hydroxyl groups excluding tert-OH is 1. The van der Waals surface area contributed by atoms with Crippen molar-refractivity contribution in [2.24, 2.45) is 47.3 Å². The van der Waals surface area contributed by atoms with Crippen LogP contribution in [0.4, 0.5) is 0 Å². The van der Waals surface area contributed by atoms with Crippen molar-refractivity contribution in [3.05, 3.63) is 11.1 Å². The Kier molecular flexibility index (Phi) is 7.14. The number of hydrogen-bond donors (Lipinski definition) is 1. The van der Waals surface area contributed by atoms with Crippen molar-refractivity contribution in [2.45, 2.75) is 117 Å². The molecule has 0 spiro atoms. The third-order valence-corrected chi connectivity index (χ3v) is 10.0. The molecule has 8 atom stereocenters. The first-order valence-electron chi connectivity index (χ1n) is 13.4. The molecule has 166 valence electrons. The normalized spacial score (nSPS) is 39.1. The zero-order chi connectivity index (χ0) is 20.5. The van der Waals surface area contributed by atoms with Crippen LogP contribution in [0.15, 0.2) is 11.1 Å². The minimum atomic E-state index is -0.0410. The summed E-state index contributed by atoms with van der Waals surface area (Å²) in [5.74, 6) is 7.69. The van der Waals surface area contributed by atoms with Crippen molar-refractivity contribution < 1.29 is 5.11 Å². The Morgan fingerprint density at radius 2 is 1.62 bits per heavy atom. The Bertz CT molecular complexity index is 575. The van der Waals surface area contributed by atoms with Gasteiger partial charge in [-0.25, -0.2) is 0 Å². The molecule has 4 rings (SSSR count). The van der Waals surface area contributed by atoms with E-state index in [-0.39, 0.29) is 6.10 Å². The van der Waals surface area contributed by atoms with E-state index in [1.165, 1.54) is 70.6 Å². The van der Waals surface area contributed by atoms with E-state index >= 15 is 0 Å². The molecule has 2 fully saturated rings. The molecule has 0 aliphatic heterocycles. The maximum atomic E-state index is 10.1. The molecule has 0 aromatic rings. The fourth-order valence-electron chi connectivity index (χ4n) is 8.47. The van der Waals surface area contributed by atoms with Crippen LogP contribution >= 0.6 is 0 Å². The molecule has 29 heavy (non-hydrogen) atoms. The quantitative estimate of drug-likeness (QED) is 0.432. The smallest absolute Gasteiger partial charge is 0.0580 e. The minimum Gasteiger partial charge on any atom is -0.393 e. The van der Waals surface area contributed by atoms with Crippen LogP contribution < -0.4 is 0 Å². The maximum Gasteiger partial charge on any atom is 0.0580 e. The molecule has 4 aliphatic carbocycles. The van der Waals surface area contributed by atoms with Gasteiger partial charge in [0.05, 0.1) is 6.10 Å². The standard InChI is InChI=1S/C28H48O/c1-5-6-20(18(2)3)8-7-19(4)23-13-14-28-25(23)15-16-26-24-12-10-22(29)17-21(24)9-11-27(26)28/h18-20,22-23,25-29H,5-17H2,1-4H3/t19-,20+,22?,23?,25?,26?,27?,28?/m1/s1. The van der Waals surface area contributed by atoms with Crippen LogP contribution in [-0.4, -0.2) is 11.2 Å². The van der Waals surface area contributed by atoms with Crippen LogP contribution in [0.3, 0.4) is 0 Å². The summed E-state index contributed by atoms with van der Waals surface area (Å²) in [6, 6.07) is 0. The SMILES string of the molecule is CCC[C@@H](CC[C@@H](C)C1CCC2C3CCC4=C(CCC(O)C4)C3CCC21)C(C)C. The van der Waals surface area contributed by atoms with Gasteiger partial charge in [0.25, 0.3) is 0 Å². The summed E-state index contributed by atoms with van der Waals surface area (Å²) in [5, 5.41) is 10.1. The van der Waals surface area contributed by atoms with Gasteiger partial charge in [0, 0.05) is 0 Å². The molecule has 0 aromatic carbocycles. The summed E-state index contributed by atoms with van der Waals surface area (Å²) in [6.07, 6.45) is 17.7. The largest absolute Gasteiger partial charge is 0.393 e. The second-order valence-corrected chi connectivity index (χ2v) is 11.8. The third-order valence-electron chi connectivity index (χ3n) is 10.0. The van der Waals surface area contributed by atoms with Crippen molar-refractivity contribution >= 4 is 0 Å². The lowest BCUT2D eigenvalue weighted by molar-refractivity contribution is 0.0693. The molecule has 0 aromatic heterocycles. The van der Waals surface area contributed by atoms with E-state index in [1.54, 1.807) is 5.57 Å². The number of rotatable bonds is 7. The topological polar surface area (TPSA) is 20.2 Å². The Balaban J connectivity index is 1.37. The lowest BCUT2D eigenvalue weighted by Crippen LogP contribution is -2.39. The maximum absolute atomic E-state index is 10.1. The Morgan fingerprint density at radius 3 is 2.38 bits per heavy atom. The molecular formula is C28H48O. The molecule has 0 bridgehead atoms. The van der Waals surface area contributed by atoms with Gasteiger partial charge < -0.3 is 5.11 Å². The number of fused-ring (bicyclic) bond motifs is 4. The van der Waals surface area contributed by atoms with Crippen LogP contribution in [0.2, 0.25) is 0 Å². The molecule has 6 unspecified atom stereocenters. The molecule has 0 saturated heterocycles. The summed E-state index contributed by atoms with van der Waals surface area (Å²) in [6.45, 7) is 9.84.